The summed E-state index contributed by atoms with van der Waals surface area (Å²) in [6.45, 7) is 4.85. The fourth-order valence-electron chi connectivity index (χ4n) is 0.123. The smallest absolute Gasteiger partial charge is 0.331 e. The minimum Gasteiger partial charge on any atom is -0.478 e. The number of rotatable bonds is 1. The summed E-state index contributed by atoms with van der Waals surface area (Å²) in [5.41, 5.74) is 0.139. The molecule has 2 heteroatoms. The zero-order valence-electron chi connectivity index (χ0n) is 4.14. The molecule has 0 saturated carbocycles. The summed E-state index contributed by atoms with van der Waals surface area (Å²) in [5, 5.41) is 8.05. The summed E-state index contributed by atoms with van der Waals surface area (Å²) < 4.78 is 0. The molecule has 7 heavy (non-hydrogen) atoms. The Labute approximate surface area is 42.5 Å². The van der Waals surface area contributed by atoms with Crippen LogP contribution in [0, 0.1) is 6.92 Å². The molecule has 1 radical (unpaired) electrons. The van der Waals surface area contributed by atoms with E-state index in [-0.39, 0.29) is 5.57 Å². The van der Waals surface area contributed by atoms with Crippen molar-refractivity contribution in [2.75, 3.05) is 0 Å². The zero-order chi connectivity index (χ0) is 5.86. The van der Waals surface area contributed by atoms with Crippen molar-refractivity contribution in [2.24, 2.45) is 0 Å². The van der Waals surface area contributed by atoms with Gasteiger partial charge in [0.2, 0.25) is 0 Å². The van der Waals surface area contributed by atoms with Crippen LogP contribution in [-0.2, 0) is 4.79 Å². The number of allylic oxidation sites excluding steroid dienone is 1. The minimum atomic E-state index is -0.956. The second-order valence-corrected chi connectivity index (χ2v) is 1.12. The average Bonchev–Trinajstić information content (AvgIpc) is 1.65. The molecule has 0 aromatic carbocycles. The highest BCUT2D eigenvalue weighted by molar-refractivity contribution is 5.87. The summed E-state index contributed by atoms with van der Waals surface area (Å²) in [4.78, 5) is 9.80. The van der Waals surface area contributed by atoms with Crippen molar-refractivity contribution in [3.05, 3.63) is 18.6 Å². The van der Waals surface area contributed by atoms with Gasteiger partial charge < -0.3 is 5.11 Å². The molecule has 0 spiro atoms. The topological polar surface area (TPSA) is 37.3 Å². The van der Waals surface area contributed by atoms with E-state index in [0.29, 0.717) is 0 Å². The predicted octanol–water partition coefficient (Wildman–Crippen LogP) is 0.851. The van der Waals surface area contributed by atoms with Crippen LogP contribution in [0.15, 0.2) is 11.6 Å². The molecule has 39 valence electrons. The first kappa shape index (κ1) is 6.21. The summed E-state index contributed by atoms with van der Waals surface area (Å²) in [6, 6.07) is 0. The first-order valence-corrected chi connectivity index (χ1v) is 1.90. The molecular formula is C5H7O2. The molecule has 0 atom stereocenters. The van der Waals surface area contributed by atoms with E-state index in [4.69, 9.17) is 5.11 Å². The van der Waals surface area contributed by atoms with E-state index in [2.05, 4.69) is 6.92 Å². The van der Waals surface area contributed by atoms with Gasteiger partial charge in [0, 0.05) is 5.57 Å². The molecule has 0 aliphatic rings. The largest absolute Gasteiger partial charge is 0.478 e. The lowest BCUT2D eigenvalue weighted by atomic mass is 10.3. The average molecular weight is 99.1 g/mol. The van der Waals surface area contributed by atoms with E-state index in [1.165, 1.54) is 6.08 Å². The molecule has 1 N–H and O–H groups in total. The van der Waals surface area contributed by atoms with Crippen LogP contribution in [0.3, 0.4) is 0 Å². The van der Waals surface area contributed by atoms with Gasteiger partial charge in [-0.15, -0.1) is 0 Å². The Hall–Kier alpha value is -0.790. The van der Waals surface area contributed by atoms with Crippen molar-refractivity contribution >= 4 is 5.97 Å². The molecule has 0 fully saturated rings. The molecular weight excluding hydrogens is 92.1 g/mol. The quantitative estimate of drug-likeness (QED) is 0.495. The highest BCUT2D eigenvalue weighted by Gasteiger charge is 1.93. The van der Waals surface area contributed by atoms with Gasteiger partial charge in [-0.3, -0.25) is 0 Å². The molecule has 0 amide bonds. The van der Waals surface area contributed by atoms with Gasteiger partial charge in [0.05, 0.1) is 0 Å². The van der Waals surface area contributed by atoms with Gasteiger partial charge in [0.25, 0.3) is 0 Å². The Morgan fingerprint density at radius 1 is 1.86 bits per heavy atom. The standard InChI is InChI=1S/C5H7O2/c1-3-4(2)5(6)7/h3H,2H2,1H3,(H,6,7). The van der Waals surface area contributed by atoms with Crippen molar-refractivity contribution in [1.82, 2.24) is 0 Å². The molecule has 0 aromatic rings. The second kappa shape index (κ2) is 2.39. The number of carboxylic acids is 1. The molecule has 0 unspecified atom stereocenters. The lowest BCUT2D eigenvalue weighted by molar-refractivity contribution is -0.132. The van der Waals surface area contributed by atoms with Crippen LogP contribution in [0.25, 0.3) is 0 Å². The van der Waals surface area contributed by atoms with Crippen LogP contribution in [-0.4, -0.2) is 11.1 Å². The maximum atomic E-state index is 9.80. The van der Waals surface area contributed by atoms with E-state index in [9.17, 15) is 4.79 Å². The number of hydrogen-bond donors (Lipinski definition) is 1. The lowest BCUT2D eigenvalue weighted by Gasteiger charge is -1.83. The van der Waals surface area contributed by atoms with E-state index >= 15 is 0 Å². The molecule has 0 bridgehead atoms. The monoisotopic (exact) mass is 99.0 g/mol. The van der Waals surface area contributed by atoms with Gasteiger partial charge in [-0.25, -0.2) is 4.79 Å². The molecule has 0 aliphatic carbocycles. The maximum Gasteiger partial charge on any atom is 0.331 e. The van der Waals surface area contributed by atoms with Gasteiger partial charge in [-0.2, -0.15) is 0 Å². The summed E-state index contributed by atoms with van der Waals surface area (Å²) in [5.74, 6) is -0.956. The number of aliphatic carboxylic acids is 1. The first-order valence-electron chi connectivity index (χ1n) is 1.90. The van der Waals surface area contributed by atoms with Crippen LogP contribution >= 0.6 is 0 Å². The van der Waals surface area contributed by atoms with Crippen molar-refractivity contribution < 1.29 is 9.90 Å². The highest BCUT2D eigenvalue weighted by atomic mass is 16.4. The molecule has 0 aliphatic heterocycles. The summed E-state index contributed by atoms with van der Waals surface area (Å²) in [6.07, 6.45) is 1.45. The second-order valence-electron chi connectivity index (χ2n) is 1.12. The van der Waals surface area contributed by atoms with Crippen molar-refractivity contribution in [2.45, 2.75) is 6.92 Å². The lowest BCUT2D eigenvalue weighted by Crippen LogP contribution is -1.94. The fourth-order valence-corrected chi connectivity index (χ4v) is 0.123. The van der Waals surface area contributed by atoms with E-state index in [1.807, 2.05) is 0 Å². The number of carboxylic acid groups (broad SMARTS) is 1. The summed E-state index contributed by atoms with van der Waals surface area (Å²) in [7, 11) is 0. The summed E-state index contributed by atoms with van der Waals surface area (Å²) >= 11 is 0. The van der Waals surface area contributed by atoms with Gasteiger partial charge >= 0.3 is 5.97 Å². The van der Waals surface area contributed by atoms with Gasteiger partial charge in [0.1, 0.15) is 0 Å². The first-order chi connectivity index (χ1) is 3.18. The van der Waals surface area contributed by atoms with Crippen LogP contribution in [0.1, 0.15) is 6.92 Å². The number of hydrogen-bond acceptors (Lipinski definition) is 1. The van der Waals surface area contributed by atoms with E-state index < -0.39 is 5.97 Å². The SMILES string of the molecule is [CH2]C(=CC)C(=O)O. The molecule has 0 heterocycles. The van der Waals surface area contributed by atoms with Crippen molar-refractivity contribution in [1.29, 1.82) is 0 Å². The van der Waals surface area contributed by atoms with E-state index in [0.717, 1.165) is 0 Å². The molecule has 0 saturated heterocycles. The Bertz CT molecular complexity index is 103. The third-order valence-electron chi connectivity index (χ3n) is 0.623. The third-order valence-corrected chi connectivity index (χ3v) is 0.623. The van der Waals surface area contributed by atoms with Gasteiger partial charge in [-0.1, -0.05) is 6.08 Å². The van der Waals surface area contributed by atoms with E-state index in [1.54, 1.807) is 6.92 Å². The Morgan fingerprint density at radius 3 is 2.29 bits per heavy atom. The molecule has 2 nitrogen and oxygen atoms in total. The van der Waals surface area contributed by atoms with Gasteiger partial charge in [-0.05, 0) is 13.8 Å². The maximum absolute atomic E-state index is 9.80. The van der Waals surface area contributed by atoms with Crippen LogP contribution < -0.4 is 0 Å². The molecule has 0 aromatic heterocycles. The minimum absolute atomic E-state index is 0.139. The van der Waals surface area contributed by atoms with Gasteiger partial charge in [0.15, 0.2) is 0 Å². The number of carbonyl (C=O) groups is 1. The Morgan fingerprint density at radius 2 is 2.29 bits per heavy atom. The Kier molecular flexibility index (Phi) is 2.12. The highest BCUT2D eigenvalue weighted by Crippen LogP contribution is 1.86. The van der Waals surface area contributed by atoms with Crippen LogP contribution in [0.5, 0.6) is 0 Å². The van der Waals surface area contributed by atoms with Crippen LogP contribution in [0.2, 0.25) is 0 Å². The zero-order valence-corrected chi connectivity index (χ0v) is 4.14. The third kappa shape index (κ3) is 1.98. The molecule has 0 rings (SSSR count). The Balaban J connectivity index is 3.82. The van der Waals surface area contributed by atoms with Crippen molar-refractivity contribution in [3.63, 3.8) is 0 Å². The predicted molar refractivity (Wildman–Crippen MR) is 26.7 cm³/mol. The van der Waals surface area contributed by atoms with Crippen molar-refractivity contribution in [3.8, 4) is 0 Å². The normalized spacial score (nSPS) is 11.4. The van der Waals surface area contributed by atoms with Crippen LogP contribution in [0.4, 0.5) is 0 Å². The fraction of sp³-hybridized carbons (Fsp3) is 0.200.